The van der Waals surface area contributed by atoms with Crippen molar-refractivity contribution in [1.29, 1.82) is 0 Å². The molecule has 100 valence electrons. The Morgan fingerprint density at radius 2 is 2.28 bits per heavy atom. The number of carboxylic acids is 1. The van der Waals surface area contributed by atoms with Gasteiger partial charge >= 0.3 is 5.97 Å². The number of carbonyl (C=O) groups is 1. The third-order valence-corrected chi connectivity index (χ3v) is 3.96. The minimum absolute atomic E-state index is 0.138. The minimum atomic E-state index is -0.694. The monoisotopic (exact) mass is 250 g/mol. The van der Waals surface area contributed by atoms with Gasteiger partial charge in [-0.2, -0.15) is 0 Å². The highest BCUT2D eigenvalue weighted by Crippen LogP contribution is 2.30. The van der Waals surface area contributed by atoms with E-state index in [-0.39, 0.29) is 12.0 Å². The summed E-state index contributed by atoms with van der Waals surface area (Å²) in [4.78, 5) is 17.9. The van der Waals surface area contributed by atoms with Crippen molar-refractivity contribution < 1.29 is 9.90 Å². The second-order valence-electron chi connectivity index (χ2n) is 5.56. The zero-order chi connectivity index (χ0) is 13.1. The number of likely N-dealkylation sites (tertiary alicyclic amines) is 1. The molecular formula is C14H22N2O2. The third-order valence-electron chi connectivity index (χ3n) is 3.96. The molecule has 0 aromatic carbocycles. The molecule has 1 N–H and O–H groups in total. The Balaban J connectivity index is 2.13. The molecule has 2 unspecified atom stereocenters. The molecule has 0 aromatic rings. The minimum Gasteiger partial charge on any atom is -0.480 e. The van der Waals surface area contributed by atoms with Gasteiger partial charge in [-0.1, -0.05) is 19.9 Å². The number of allylic oxidation sites excluding steroid dienone is 1. The van der Waals surface area contributed by atoms with E-state index in [0.29, 0.717) is 12.0 Å². The van der Waals surface area contributed by atoms with E-state index >= 15 is 0 Å². The van der Waals surface area contributed by atoms with E-state index in [0.717, 1.165) is 25.8 Å². The summed E-state index contributed by atoms with van der Waals surface area (Å²) in [6, 6.07) is -0.0287. The van der Waals surface area contributed by atoms with Gasteiger partial charge < -0.3 is 5.11 Å². The molecule has 0 aliphatic carbocycles. The molecule has 4 heteroatoms. The van der Waals surface area contributed by atoms with Crippen molar-refractivity contribution in [3.63, 3.8) is 0 Å². The first-order valence-electron chi connectivity index (χ1n) is 6.78. The SMILES string of the molecule is CC(C)C(C(=O)O)N1CCC[C@@H]1C1C=NC=CC1. The van der Waals surface area contributed by atoms with E-state index in [1.807, 2.05) is 26.3 Å². The average Bonchev–Trinajstić information content (AvgIpc) is 2.78. The number of hydrogen-bond acceptors (Lipinski definition) is 3. The fourth-order valence-electron chi connectivity index (χ4n) is 3.19. The van der Waals surface area contributed by atoms with Crippen LogP contribution in [-0.2, 0) is 4.79 Å². The van der Waals surface area contributed by atoms with Crippen LogP contribution < -0.4 is 0 Å². The van der Waals surface area contributed by atoms with Crippen molar-refractivity contribution in [3.8, 4) is 0 Å². The predicted octanol–water partition coefficient (Wildman–Crippen LogP) is 2.16. The van der Waals surface area contributed by atoms with Crippen LogP contribution in [0.5, 0.6) is 0 Å². The maximum Gasteiger partial charge on any atom is 0.321 e. The van der Waals surface area contributed by atoms with Crippen LogP contribution in [-0.4, -0.2) is 40.8 Å². The molecule has 1 fully saturated rings. The largest absolute Gasteiger partial charge is 0.480 e. The molecule has 0 bridgehead atoms. The molecule has 2 heterocycles. The van der Waals surface area contributed by atoms with E-state index < -0.39 is 5.97 Å². The van der Waals surface area contributed by atoms with Crippen molar-refractivity contribution in [3.05, 3.63) is 12.3 Å². The van der Waals surface area contributed by atoms with Crippen LogP contribution in [0.1, 0.15) is 33.1 Å². The maximum atomic E-state index is 11.5. The summed E-state index contributed by atoms with van der Waals surface area (Å²) < 4.78 is 0. The molecule has 2 rings (SSSR count). The van der Waals surface area contributed by atoms with Crippen LogP contribution in [0.2, 0.25) is 0 Å². The van der Waals surface area contributed by atoms with E-state index in [1.165, 1.54) is 0 Å². The lowest BCUT2D eigenvalue weighted by atomic mass is 9.92. The number of rotatable bonds is 4. The molecule has 4 nitrogen and oxygen atoms in total. The maximum absolute atomic E-state index is 11.5. The molecule has 18 heavy (non-hydrogen) atoms. The molecule has 3 atom stereocenters. The summed E-state index contributed by atoms with van der Waals surface area (Å²) in [5.41, 5.74) is 0. The number of carboxylic acid groups (broad SMARTS) is 1. The lowest BCUT2D eigenvalue weighted by Crippen LogP contribution is -2.49. The topological polar surface area (TPSA) is 52.9 Å². The summed E-state index contributed by atoms with van der Waals surface area (Å²) in [7, 11) is 0. The lowest BCUT2D eigenvalue weighted by molar-refractivity contribution is -0.145. The van der Waals surface area contributed by atoms with Crippen LogP contribution in [0.25, 0.3) is 0 Å². The quantitative estimate of drug-likeness (QED) is 0.832. The highest BCUT2D eigenvalue weighted by Gasteiger charge is 2.39. The van der Waals surface area contributed by atoms with E-state index in [4.69, 9.17) is 0 Å². The van der Waals surface area contributed by atoms with Gasteiger partial charge in [-0.25, -0.2) is 0 Å². The summed E-state index contributed by atoms with van der Waals surface area (Å²) >= 11 is 0. The molecule has 0 spiro atoms. The van der Waals surface area contributed by atoms with Crippen molar-refractivity contribution in [2.45, 2.75) is 45.2 Å². The summed E-state index contributed by atoms with van der Waals surface area (Å²) in [5.74, 6) is -0.183. The van der Waals surface area contributed by atoms with Gasteiger partial charge in [0, 0.05) is 24.4 Å². The number of nitrogens with zero attached hydrogens (tertiary/aromatic N) is 2. The first-order chi connectivity index (χ1) is 8.61. The van der Waals surface area contributed by atoms with Gasteiger partial charge in [0.2, 0.25) is 0 Å². The average molecular weight is 250 g/mol. The Bertz CT molecular complexity index is 363. The van der Waals surface area contributed by atoms with Gasteiger partial charge in [-0.15, -0.1) is 0 Å². The van der Waals surface area contributed by atoms with Crippen molar-refractivity contribution in [1.82, 2.24) is 4.90 Å². The van der Waals surface area contributed by atoms with Crippen LogP contribution >= 0.6 is 0 Å². The van der Waals surface area contributed by atoms with E-state index in [2.05, 4.69) is 16.0 Å². The van der Waals surface area contributed by atoms with Gasteiger partial charge in [0.15, 0.2) is 0 Å². The number of aliphatic imine (C=N–C) groups is 1. The molecule has 1 saturated heterocycles. The Labute approximate surface area is 108 Å². The first kappa shape index (κ1) is 13.3. The van der Waals surface area contributed by atoms with Gasteiger partial charge in [0.05, 0.1) is 0 Å². The Hall–Kier alpha value is -1.16. The van der Waals surface area contributed by atoms with Gasteiger partial charge in [-0.3, -0.25) is 14.7 Å². The number of hydrogen-bond donors (Lipinski definition) is 1. The second kappa shape index (κ2) is 5.65. The Morgan fingerprint density at radius 1 is 1.50 bits per heavy atom. The molecule has 0 radical (unpaired) electrons. The van der Waals surface area contributed by atoms with Crippen molar-refractivity contribution >= 4 is 12.2 Å². The summed E-state index contributed by atoms with van der Waals surface area (Å²) in [5, 5.41) is 9.43. The molecule has 0 aromatic heterocycles. The zero-order valence-electron chi connectivity index (χ0n) is 11.1. The normalized spacial score (nSPS) is 29.9. The number of aliphatic carboxylic acids is 1. The zero-order valence-corrected chi connectivity index (χ0v) is 11.1. The van der Waals surface area contributed by atoms with Crippen LogP contribution in [0.4, 0.5) is 0 Å². The highest BCUT2D eigenvalue weighted by atomic mass is 16.4. The lowest BCUT2D eigenvalue weighted by Gasteiger charge is -2.35. The molecule has 0 amide bonds. The van der Waals surface area contributed by atoms with E-state index in [9.17, 15) is 9.90 Å². The van der Waals surface area contributed by atoms with E-state index in [1.54, 1.807) is 0 Å². The van der Waals surface area contributed by atoms with Crippen molar-refractivity contribution in [2.24, 2.45) is 16.8 Å². The predicted molar refractivity (Wildman–Crippen MR) is 71.7 cm³/mol. The molecule has 2 aliphatic rings. The van der Waals surface area contributed by atoms with Crippen LogP contribution in [0.15, 0.2) is 17.3 Å². The van der Waals surface area contributed by atoms with Crippen LogP contribution in [0.3, 0.4) is 0 Å². The summed E-state index contributed by atoms with van der Waals surface area (Å²) in [6.07, 6.45) is 9.05. The molecule has 0 saturated carbocycles. The third kappa shape index (κ3) is 2.64. The smallest absolute Gasteiger partial charge is 0.321 e. The van der Waals surface area contributed by atoms with Crippen molar-refractivity contribution in [2.75, 3.05) is 6.54 Å². The Kier molecular flexibility index (Phi) is 4.17. The van der Waals surface area contributed by atoms with Crippen LogP contribution in [0, 0.1) is 11.8 Å². The molecule has 2 aliphatic heterocycles. The second-order valence-corrected chi connectivity index (χ2v) is 5.56. The molecular weight excluding hydrogens is 228 g/mol. The Morgan fingerprint density at radius 3 is 2.83 bits per heavy atom. The first-order valence-corrected chi connectivity index (χ1v) is 6.78. The standard InChI is InChI=1S/C14H22N2O2/c1-10(2)13(14(17)18)16-8-4-6-12(16)11-5-3-7-15-9-11/h3,7,9-13H,4-6,8H2,1-2H3,(H,17,18)/t11?,12-,13?/m1/s1. The fourth-order valence-corrected chi connectivity index (χ4v) is 3.19. The summed E-state index contributed by atoms with van der Waals surface area (Å²) in [6.45, 7) is 4.87. The van der Waals surface area contributed by atoms with Gasteiger partial charge in [-0.05, 0) is 31.7 Å². The fraction of sp³-hybridized carbons (Fsp3) is 0.714. The van der Waals surface area contributed by atoms with Gasteiger partial charge in [0.1, 0.15) is 6.04 Å². The van der Waals surface area contributed by atoms with Gasteiger partial charge in [0.25, 0.3) is 0 Å². The highest BCUT2D eigenvalue weighted by molar-refractivity contribution is 5.74.